The number of rotatable bonds is 5. The number of ketones is 2. The monoisotopic (exact) mass is 401 g/mol. The van der Waals surface area contributed by atoms with Gasteiger partial charge in [-0.3, -0.25) is 9.59 Å². The van der Waals surface area contributed by atoms with E-state index in [-0.39, 0.29) is 22.9 Å². The van der Waals surface area contributed by atoms with Crippen LogP contribution in [0.5, 0.6) is 0 Å². The van der Waals surface area contributed by atoms with Crippen molar-refractivity contribution in [2.75, 3.05) is 0 Å². The summed E-state index contributed by atoms with van der Waals surface area (Å²) in [5, 5.41) is 10.4. The Kier molecular flexibility index (Phi) is 5.79. The average Bonchev–Trinajstić information content (AvgIpc) is 2.95. The highest BCUT2D eigenvalue weighted by atomic mass is 16.3. The van der Waals surface area contributed by atoms with E-state index >= 15 is 0 Å². The van der Waals surface area contributed by atoms with Crippen LogP contribution >= 0.6 is 0 Å². The Morgan fingerprint density at radius 2 is 1.27 bits per heavy atom. The zero-order valence-electron chi connectivity index (χ0n) is 18.3. The van der Waals surface area contributed by atoms with Gasteiger partial charge in [-0.15, -0.1) is 0 Å². The van der Waals surface area contributed by atoms with Gasteiger partial charge < -0.3 is 9.67 Å². The zero-order valence-corrected chi connectivity index (χ0v) is 18.3. The molecule has 0 bridgehead atoms. The molecule has 0 amide bonds. The maximum atomic E-state index is 12.7. The molecule has 0 aliphatic rings. The molecule has 3 rings (SSSR count). The smallest absolute Gasteiger partial charge is 0.163 e. The summed E-state index contributed by atoms with van der Waals surface area (Å²) >= 11 is 0. The summed E-state index contributed by atoms with van der Waals surface area (Å²) in [5.41, 5.74) is 6.55. The number of allylic oxidation sites excluding steroid dienone is 2. The summed E-state index contributed by atoms with van der Waals surface area (Å²) in [6, 6.07) is 16.0. The molecule has 0 unspecified atom stereocenters. The SMILES string of the molecule is CC(=O)C(=C(C)O)c1c(C(C)=O)c(C)n(-c2ccc(C)cc2)c1-c1ccc(C)cc1. The van der Waals surface area contributed by atoms with E-state index in [0.29, 0.717) is 11.1 Å². The van der Waals surface area contributed by atoms with Gasteiger partial charge in [0.25, 0.3) is 0 Å². The van der Waals surface area contributed by atoms with Crippen LogP contribution in [0.15, 0.2) is 54.3 Å². The minimum absolute atomic E-state index is 0.0978. The lowest BCUT2D eigenvalue weighted by Gasteiger charge is -2.15. The molecule has 0 saturated carbocycles. The van der Waals surface area contributed by atoms with E-state index in [2.05, 4.69) is 0 Å². The molecular weight excluding hydrogens is 374 g/mol. The second-order valence-electron chi connectivity index (χ2n) is 7.79. The third kappa shape index (κ3) is 3.73. The van der Waals surface area contributed by atoms with E-state index in [9.17, 15) is 14.7 Å². The van der Waals surface area contributed by atoms with Crippen LogP contribution in [-0.2, 0) is 4.79 Å². The fourth-order valence-corrected chi connectivity index (χ4v) is 3.98. The van der Waals surface area contributed by atoms with Gasteiger partial charge in [0.2, 0.25) is 0 Å². The normalized spacial score (nSPS) is 11.9. The number of aliphatic hydroxyl groups excluding tert-OH is 1. The number of benzene rings is 2. The van der Waals surface area contributed by atoms with Crippen LogP contribution in [0, 0.1) is 20.8 Å². The quantitative estimate of drug-likeness (QED) is 0.317. The largest absolute Gasteiger partial charge is 0.512 e. The maximum Gasteiger partial charge on any atom is 0.163 e. The Balaban J connectivity index is 2.55. The Labute approximate surface area is 177 Å². The molecule has 2 aromatic carbocycles. The molecule has 0 spiro atoms. The highest BCUT2D eigenvalue weighted by Gasteiger charge is 2.30. The lowest BCUT2D eigenvalue weighted by molar-refractivity contribution is -0.111. The fourth-order valence-electron chi connectivity index (χ4n) is 3.98. The van der Waals surface area contributed by atoms with Gasteiger partial charge in [-0.1, -0.05) is 47.5 Å². The van der Waals surface area contributed by atoms with Crippen molar-refractivity contribution < 1.29 is 14.7 Å². The minimum Gasteiger partial charge on any atom is -0.512 e. The van der Waals surface area contributed by atoms with E-state index in [1.807, 2.05) is 73.9 Å². The first-order chi connectivity index (χ1) is 14.1. The predicted molar refractivity (Wildman–Crippen MR) is 121 cm³/mol. The number of hydrogen-bond acceptors (Lipinski definition) is 3. The maximum absolute atomic E-state index is 12.7. The highest BCUT2D eigenvalue weighted by Crippen LogP contribution is 2.40. The van der Waals surface area contributed by atoms with Gasteiger partial charge >= 0.3 is 0 Å². The van der Waals surface area contributed by atoms with Crippen LogP contribution in [0.4, 0.5) is 0 Å². The molecule has 0 atom stereocenters. The van der Waals surface area contributed by atoms with Crippen molar-refractivity contribution in [2.45, 2.75) is 41.5 Å². The van der Waals surface area contributed by atoms with Crippen LogP contribution in [0.3, 0.4) is 0 Å². The van der Waals surface area contributed by atoms with Gasteiger partial charge in [-0.05, 0) is 59.2 Å². The summed E-state index contributed by atoms with van der Waals surface area (Å²) < 4.78 is 2.00. The van der Waals surface area contributed by atoms with E-state index in [0.717, 1.165) is 33.8 Å². The molecular formula is C26H27NO3. The van der Waals surface area contributed by atoms with Crippen molar-refractivity contribution in [2.24, 2.45) is 0 Å². The average molecular weight is 402 g/mol. The number of aliphatic hydroxyl groups is 1. The first-order valence-corrected chi connectivity index (χ1v) is 9.95. The van der Waals surface area contributed by atoms with Crippen LogP contribution in [0.2, 0.25) is 0 Å². The highest BCUT2D eigenvalue weighted by molar-refractivity contribution is 6.24. The third-order valence-corrected chi connectivity index (χ3v) is 5.34. The Bertz CT molecular complexity index is 1160. The summed E-state index contributed by atoms with van der Waals surface area (Å²) in [6.07, 6.45) is 0. The number of carbonyl (C=O) groups is 2. The molecule has 4 heteroatoms. The summed E-state index contributed by atoms with van der Waals surface area (Å²) in [7, 11) is 0. The Hall–Kier alpha value is -3.40. The van der Waals surface area contributed by atoms with Gasteiger partial charge in [-0.2, -0.15) is 0 Å². The standard InChI is InChI=1S/C26H27NO3/c1-15-7-11-21(12-8-15)26-25(24(19(5)29)20(6)30)23(18(4)28)17(3)27(26)22-13-9-16(2)10-14-22/h7-14,29H,1-6H3. The molecule has 0 fully saturated rings. The molecule has 1 N–H and O–H groups in total. The Morgan fingerprint density at radius 1 is 0.767 bits per heavy atom. The van der Waals surface area contributed by atoms with Crippen molar-refractivity contribution >= 4 is 17.1 Å². The number of Topliss-reactive ketones (excluding diaryl/α,β-unsaturated/α-hetero) is 2. The second kappa shape index (κ2) is 8.15. The molecule has 30 heavy (non-hydrogen) atoms. The number of aryl methyl sites for hydroxylation is 2. The predicted octanol–water partition coefficient (Wildman–Crippen LogP) is 6.15. The zero-order chi connectivity index (χ0) is 22.2. The van der Waals surface area contributed by atoms with Gasteiger partial charge in [-0.25, -0.2) is 0 Å². The van der Waals surface area contributed by atoms with Gasteiger partial charge in [0.05, 0.1) is 11.3 Å². The molecule has 0 aliphatic heterocycles. The fraction of sp³-hybridized carbons (Fsp3) is 0.231. The van der Waals surface area contributed by atoms with Crippen LogP contribution in [-0.4, -0.2) is 21.2 Å². The van der Waals surface area contributed by atoms with E-state index in [1.54, 1.807) is 0 Å². The summed E-state index contributed by atoms with van der Waals surface area (Å²) in [5.74, 6) is -0.534. The van der Waals surface area contributed by atoms with Gasteiger partial charge in [0, 0.05) is 22.5 Å². The van der Waals surface area contributed by atoms with E-state index < -0.39 is 0 Å². The topological polar surface area (TPSA) is 59.3 Å². The van der Waals surface area contributed by atoms with Crippen molar-refractivity contribution in [1.82, 2.24) is 4.57 Å². The van der Waals surface area contributed by atoms with Crippen LogP contribution in [0.25, 0.3) is 22.5 Å². The lowest BCUT2D eigenvalue weighted by Crippen LogP contribution is -2.06. The molecule has 0 aliphatic carbocycles. The summed E-state index contributed by atoms with van der Waals surface area (Å²) in [4.78, 5) is 25.3. The molecule has 0 radical (unpaired) electrons. The number of hydrogen-bond donors (Lipinski definition) is 1. The third-order valence-electron chi connectivity index (χ3n) is 5.34. The Morgan fingerprint density at radius 3 is 1.70 bits per heavy atom. The van der Waals surface area contributed by atoms with E-state index in [4.69, 9.17) is 0 Å². The minimum atomic E-state index is -0.285. The number of carbonyl (C=O) groups excluding carboxylic acids is 2. The molecule has 1 aromatic heterocycles. The first-order valence-electron chi connectivity index (χ1n) is 9.95. The van der Waals surface area contributed by atoms with Crippen LogP contribution < -0.4 is 0 Å². The van der Waals surface area contributed by atoms with Crippen molar-refractivity contribution in [1.29, 1.82) is 0 Å². The van der Waals surface area contributed by atoms with Crippen molar-refractivity contribution in [3.8, 4) is 16.9 Å². The molecule has 154 valence electrons. The number of aromatic nitrogens is 1. The molecule has 4 nitrogen and oxygen atoms in total. The molecule has 0 saturated heterocycles. The first kappa shape index (κ1) is 21.3. The van der Waals surface area contributed by atoms with Crippen molar-refractivity contribution in [3.63, 3.8) is 0 Å². The lowest BCUT2D eigenvalue weighted by atomic mass is 9.92. The number of nitrogens with zero attached hydrogens (tertiary/aromatic N) is 1. The van der Waals surface area contributed by atoms with E-state index in [1.165, 1.54) is 20.8 Å². The van der Waals surface area contributed by atoms with Crippen LogP contribution in [0.1, 0.15) is 53.5 Å². The van der Waals surface area contributed by atoms with Gasteiger partial charge in [0.15, 0.2) is 11.6 Å². The van der Waals surface area contributed by atoms with Crippen molar-refractivity contribution in [3.05, 3.63) is 82.2 Å². The summed E-state index contributed by atoms with van der Waals surface area (Å²) in [6.45, 7) is 10.3. The second-order valence-corrected chi connectivity index (χ2v) is 7.79. The van der Waals surface area contributed by atoms with Gasteiger partial charge in [0.1, 0.15) is 5.76 Å². The molecule has 3 aromatic rings. The molecule has 1 heterocycles.